The minimum Gasteiger partial charge on any atom is -0.462 e. The topological polar surface area (TPSA) is 152 Å². The molecular formula is C56H106O10. The van der Waals surface area contributed by atoms with Gasteiger partial charge in [0.2, 0.25) is 0 Å². The summed E-state index contributed by atoms with van der Waals surface area (Å²) in [5, 5.41) is 40.3. The van der Waals surface area contributed by atoms with Crippen molar-refractivity contribution in [1.82, 2.24) is 0 Å². The van der Waals surface area contributed by atoms with Gasteiger partial charge in [0.25, 0.3) is 0 Å². The van der Waals surface area contributed by atoms with Crippen molar-refractivity contribution in [2.45, 2.75) is 314 Å². The van der Waals surface area contributed by atoms with Gasteiger partial charge in [-0.25, -0.2) is 0 Å². The zero-order chi connectivity index (χ0) is 48.0. The molecule has 0 saturated carbocycles. The number of unbranched alkanes of at least 4 members (excludes halogenated alkanes) is 36. The average molecular weight is 939 g/mol. The number of hydrogen-bond acceptors (Lipinski definition) is 10. The molecule has 0 bridgehead atoms. The Morgan fingerprint density at radius 3 is 1.18 bits per heavy atom. The van der Waals surface area contributed by atoms with Gasteiger partial charge in [0.05, 0.1) is 13.2 Å². The van der Waals surface area contributed by atoms with Gasteiger partial charge in [-0.1, -0.05) is 238 Å². The van der Waals surface area contributed by atoms with E-state index in [1.54, 1.807) is 0 Å². The van der Waals surface area contributed by atoms with Crippen LogP contribution in [0.1, 0.15) is 277 Å². The van der Waals surface area contributed by atoms with Crippen molar-refractivity contribution in [2.75, 3.05) is 19.8 Å². The molecule has 0 aromatic rings. The highest BCUT2D eigenvalue weighted by Crippen LogP contribution is 2.23. The Labute approximate surface area is 405 Å². The normalized spacial score (nSPS) is 19.2. The molecule has 1 heterocycles. The number of aliphatic hydroxyl groups is 4. The molecule has 4 N–H and O–H groups in total. The van der Waals surface area contributed by atoms with Gasteiger partial charge in [0.15, 0.2) is 12.4 Å². The van der Waals surface area contributed by atoms with E-state index in [2.05, 4.69) is 26.0 Å². The zero-order valence-electron chi connectivity index (χ0n) is 43.0. The van der Waals surface area contributed by atoms with Gasteiger partial charge in [0.1, 0.15) is 31.0 Å². The molecule has 0 aromatic heterocycles. The third-order valence-electron chi connectivity index (χ3n) is 13.4. The summed E-state index contributed by atoms with van der Waals surface area (Å²) in [7, 11) is 0. The van der Waals surface area contributed by atoms with Crippen molar-refractivity contribution < 1.29 is 49.0 Å². The fraction of sp³-hybridized carbons (Fsp3) is 0.929. The molecule has 10 heteroatoms. The minimum atomic E-state index is -1.59. The molecule has 0 amide bonds. The molecule has 390 valence electrons. The van der Waals surface area contributed by atoms with Crippen LogP contribution in [0.5, 0.6) is 0 Å². The van der Waals surface area contributed by atoms with Gasteiger partial charge in [-0.3, -0.25) is 9.59 Å². The van der Waals surface area contributed by atoms with Crippen molar-refractivity contribution in [3.05, 3.63) is 12.2 Å². The van der Waals surface area contributed by atoms with Crippen LogP contribution in [0.2, 0.25) is 0 Å². The van der Waals surface area contributed by atoms with Crippen molar-refractivity contribution in [3.63, 3.8) is 0 Å². The Morgan fingerprint density at radius 1 is 0.455 bits per heavy atom. The molecule has 6 unspecified atom stereocenters. The number of esters is 2. The smallest absolute Gasteiger partial charge is 0.306 e. The Bertz CT molecular complexity index is 1080. The van der Waals surface area contributed by atoms with E-state index in [4.69, 9.17) is 18.9 Å². The lowest BCUT2D eigenvalue weighted by atomic mass is 9.99. The zero-order valence-corrected chi connectivity index (χ0v) is 43.0. The predicted molar refractivity (Wildman–Crippen MR) is 270 cm³/mol. The van der Waals surface area contributed by atoms with E-state index in [9.17, 15) is 30.0 Å². The molecule has 6 atom stereocenters. The Hall–Kier alpha value is -1.56. The minimum absolute atomic E-state index is 0.213. The van der Waals surface area contributed by atoms with E-state index >= 15 is 0 Å². The van der Waals surface area contributed by atoms with Crippen LogP contribution in [0.25, 0.3) is 0 Å². The third kappa shape index (κ3) is 37.3. The molecule has 0 radical (unpaired) electrons. The first kappa shape index (κ1) is 62.5. The molecule has 1 saturated heterocycles. The van der Waals surface area contributed by atoms with Crippen LogP contribution >= 0.6 is 0 Å². The number of hydrogen-bond donors (Lipinski definition) is 4. The van der Waals surface area contributed by atoms with Crippen molar-refractivity contribution in [1.29, 1.82) is 0 Å². The summed E-state index contributed by atoms with van der Waals surface area (Å²) in [6.07, 6.45) is 46.6. The highest BCUT2D eigenvalue weighted by atomic mass is 16.7. The molecule has 1 aliphatic heterocycles. The first-order valence-electron chi connectivity index (χ1n) is 28.3. The lowest BCUT2D eigenvalue weighted by molar-refractivity contribution is -0.305. The second-order valence-electron chi connectivity index (χ2n) is 19.7. The van der Waals surface area contributed by atoms with Crippen molar-refractivity contribution >= 4 is 11.9 Å². The summed E-state index contributed by atoms with van der Waals surface area (Å²) in [5.41, 5.74) is 0. The van der Waals surface area contributed by atoms with E-state index < -0.39 is 49.4 Å². The Morgan fingerprint density at radius 2 is 0.803 bits per heavy atom. The number of ether oxygens (including phenoxy) is 4. The van der Waals surface area contributed by atoms with Crippen LogP contribution in [-0.4, -0.2) is 89.0 Å². The molecule has 1 rings (SSSR count). The number of carbonyl (C=O) groups is 2. The lowest BCUT2D eigenvalue weighted by Crippen LogP contribution is -2.59. The van der Waals surface area contributed by atoms with Gasteiger partial charge in [-0.05, 0) is 38.5 Å². The second-order valence-corrected chi connectivity index (χ2v) is 19.7. The largest absolute Gasteiger partial charge is 0.462 e. The van der Waals surface area contributed by atoms with Crippen LogP contribution in [0.15, 0.2) is 12.2 Å². The first-order valence-corrected chi connectivity index (χ1v) is 28.3. The maximum atomic E-state index is 12.8. The second kappa shape index (κ2) is 47.1. The maximum absolute atomic E-state index is 12.8. The van der Waals surface area contributed by atoms with Crippen LogP contribution in [-0.2, 0) is 28.5 Å². The Balaban J connectivity index is 2.18. The monoisotopic (exact) mass is 939 g/mol. The molecule has 10 nitrogen and oxygen atoms in total. The highest BCUT2D eigenvalue weighted by molar-refractivity contribution is 5.70. The summed E-state index contributed by atoms with van der Waals surface area (Å²) < 4.78 is 22.3. The van der Waals surface area contributed by atoms with Gasteiger partial charge >= 0.3 is 11.9 Å². The van der Waals surface area contributed by atoms with E-state index in [1.807, 2.05) is 0 Å². The summed E-state index contributed by atoms with van der Waals surface area (Å²) >= 11 is 0. The predicted octanol–water partition coefficient (Wildman–Crippen LogP) is 13.8. The fourth-order valence-electron chi connectivity index (χ4n) is 8.95. The van der Waals surface area contributed by atoms with Crippen molar-refractivity contribution in [3.8, 4) is 0 Å². The molecule has 0 spiro atoms. The van der Waals surface area contributed by atoms with Crippen LogP contribution in [0, 0.1) is 0 Å². The van der Waals surface area contributed by atoms with Gasteiger partial charge in [0, 0.05) is 12.8 Å². The molecule has 1 fully saturated rings. The fourth-order valence-corrected chi connectivity index (χ4v) is 8.95. The molecule has 0 aliphatic carbocycles. The quantitative estimate of drug-likeness (QED) is 0.0263. The van der Waals surface area contributed by atoms with E-state index in [1.165, 1.54) is 199 Å². The van der Waals surface area contributed by atoms with Gasteiger partial charge < -0.3 is 39.4 Å². The van der Waals surface area contributed by atoms with Crippen LogP contribution in [0.4, 0.5) is 0 Å². The van der Waals surface area contributed by atoms with Crippen molar-refractivity contribution in [2.24, 2.45) is 0 Å². The van der Waals surface area contributed by atoms with E-state index in [-0.39, 0.29) is 32.0 Å². The van der Waals surface area contributed by atoms with Crippen LogP contribution in [0.3, 0.4) is 0 Å². The highest BCUT2D eigenvalue weighted by Gasteiger charge is 2.44. The summed E-state index contributed by atoms with van der Waals surface area (Å²) in [4.78, 5) is 25.5. The number of allylic oxidation sites excluding steroid dienone is 2. The number of carbonyl (C=O) groups excluding carboxylic acids is 2. The summed E-state index contributed by atoms with van der Waals surface area (Å²) in [5.74, 6) is -0.793. The standard InChI is InChI=1S/C56H106O10/c1-3-5-7-9-11-13-15-17-19-21-22-23-24-25-26-27-29-30-32-34-36-38-40-42-44-51(58)63-47-49(48-64-56-55(62)54(61)53(60)50(46-57)66-56)65-52(59)45-43-41-39-37-35-33-31-28-20-18-16-14-12-10-8-6-4-2/h18,20,49-50,53-57,60-62H,3-17,19,21-48H2,1-2H3/b20-18-. The molecule has 0 aromatic carbocycles. The van der Waals surface area contributed by atoms with Gasteiger partial charge in [-0.15, -0.1) is 0 Å². The third-order valence-corrected chi connectivity index (χ3v) is 13.4. The Kier molecular flexibility index (Phi) is 44.6. The average Bonchev–Trinajstić information content (AvgIpc) is 3.32. The lowest BCUT2D eigenvalue weighted by Gasteiger charge is -2.39. The maximum Gasteiger partial charge on any atom is 0.306 e. The SMILES string of the molecule is CCCCCCCC/C=C\CCCCCCCCCC(=O)OC(COC(=O)CCCCCCCCCCCCCCCCCCCCCCCCCC)COC1OC(CO)C(O)C(O)C1O. The van der Waals surface area contributed by atoms with E-state index in [0.29, 0.717) is 6.42 Å². The van der Waals surface area contributed by atoms with E-state index in [0.717, 1.165) is 44.9 Å². The number of aliphatic hydroxyl groups excluding tert-OH is 4. The molecule has 66 heavy (non-hydrogen) atoms. The molecular weight excluding hydrogens is 833 g/mol. The summed E-state index contributed by atoms with van der Waals surface area (Å²) in [6, 6.07) is 0. The number of rotatable bonds is 49. The van der Waals surface area contributed by atoms with Crippen LogP contribution < -0.4 is 0 Å². The summed E-state index contributed by atoms with van der Waals surface area (Å²) in [6.45, 7) is 3.47. The first-order chi connectivity index (χ1) is 32.3. The molecule has 1 aliphatic rings. The van der Waals surface area contributed by atoms with Gasteiger partial charge in [-0.2, -0.15) is 0 Å².